The first kappa shape index (κ1) is 9.85. The Kier molecular flexibility index (Phi) is 2.77. The molecule has 0 unspecified atom stereocenters. The smallest absolute Gasteiger partial charge is 0.144 e. The predicted octanol–water partition coefficient (Wildman–Crippen LogP) is 1.44. The summed E-state index contributed by atoms with van der Waals surface area (Å²) in [5, 5.41) is 3.16. The number of thiazole rings is 1. The minimum Gasteiger partial charge on any atom is -0.382 e. The van der Waals surface area contributed by atoms with Crippen molar-refractivity contribution in [3.05, 3.63) is 28.5 Å². The average Bonchev–Trinajstić information content (AvgIpc) is 2.63. The van der Waals surface area contributed by atoms with Gasteiger partial charge in [0.05, 0.1) is 30.1 Å². The van der Waals surface area contributed by atoms with Gasteiger partial charge in [-0.3, -0.25) is 0 Å². The Labute approximate surface area is 91.4 Å². The van der Waals surface area contributed by atoms with Gasteiger partial charge in [-0.15, -0.1) is 11.3 Å². The van der Waals surface area contributed by atoms with E-state index >= 15 is 0 Å². The van der Waals surface area contributed by atoms with Crippen molar-refractivity contribution in [2.24, 2.45) is 0 Å². The number of nitrogen functional groups attached to an aromatic ring is 1. The molecule has 0 aliphatic carbocycles. The lowest BCUT2D eigenvalue weighted by Gasteiger charge is -2.03. The monoisotopic (exact) mass is 221 g/mol. The van der Waals surface area contributed by atoms with Crippen LogP contribution in [0, 0.1) is 6.92 Å². The number of anilines is 2. The topological polar surface area (TPSA) is 76.7 Å². The minimum atomic E-state index is 0.425. The lowest BCUT2D eigenvalue weighted by molar-refractivity contribution is 1.08. The lowest BCUT2D eigenvalue weighted by Crippen LogP contribution is -2.02. The number of nitrogens with zero attached hydrogens (tertiary/aromatic N) is 3. The van der Waals surface area contributed by atoms with Crippen LogP contribution in [0.25, 0.3) is 0 Å². The van der Waals surface area contributed by atoms with E-state index in [2.05, 4.69) is 20.3 Å². The molecule has 0 amide bonds. The van der Waals surface area contributed by atoms with Crippen molar-refractivity contribution in [3.8, 4) is 0 Å². The summed E-state index contributed by atoms with van der Waals surface area (Å²) < 4.78 is 0. The maximum atomic E-state index is 5.43. The van der Waals surface area contributed by atoms with Crippen LogP contribution in [0.5, 0.6) is 0 Å². The van der Waals surface area contributed by atoms with Crippen LogP contribution in [0.2, 0.25) is 0 Å². The number of nitrogens with one attached hydrogen (secondary N) is 1. The number of nitrogens with two attached hydrogens (primary N) is 1. The number of rotatable bonds is 3. The van der Waals surface area contributed by atoms with Gasteiger partial charge in [0.2, 0.25) is 0 Å². The van der Waals surface area contributed by atoms with Crippen molar-refractivity contribution in [1.29, 1.82) is 0 Å². The Morgan fingerprint density at radius 3 is 2.80 bits per heavy atom. The first-order chi connectivity index (χ1) is 7.25. The predicted molar refractivity (Wildman–Crippen MR) is 60.6 cm³/mol. The summed E-state index contributed by atoms with van der Waals surface area (Å²) in [5.41, 5.74) is 8.32. The molecule has 2 aromatic rings. The third kappa shape index (κ3) is 2.41. The second-order valence-corrected chi connectivity index (χ2v) is 3.98. The Bertz CT molecular complexity index is 436. The molecule has 0 saturated heterocycles. The van der Waals surface area contributed by atoms with E-state index in [4.69, 9.17) is 5.73 Å². The highest BCUT2D eigenvalue weighted by molar-refractivity contribution is 7.09. The van der Waals surface area contributed by atoms with Crippen LogP contribution in [0.3, 0.4) is 0 Å². The molecule has 5 nitrogen and oxygen atoms in total. The van der Waals surface area contributed by atoms with Gasteiger partial charge in [0.1, 0.15) is 11.6 Å². The zero-order valence-corrected chi connectivity index (χ0v) is 9.08. The van der Waals surface area contributed by atoms with Crippen molar-refractivity contribution in [3.63, 3.8) is 0 Å². The summed E-state index contributed by atoms with van der Waals surface area (Å²) in [5.74, 6) is 1.14. The van der Waals surface area contributed by atoms with Gasteiger partial charge in [-0.2, -0.15) is 0 Å². The van der Waals surface area contributed by atoms with E-state index in [1.54, 1.807) is 17.5 Å². The van der Waals surface area contributed by atoms with Gasteiger partial charge in [-0.1, -0.05) is 0 Å². The molecule has 3 N–H and O–H groups in total. The third-order valence-electron chi connectivity index (χ3n) is 1.95. The highest BCUT2D eigenvalue weighted by Crippen LogP contribution is 2.13. The van der Waals surface area contributed by atoms with Crippen molar-refractivity contribution in [2.75, 3.05) is 11.1 Å². The van der Waals surface area contributed by atoms with Crippen LogP contribution in [-0.4, -0.2) is 15.0 Å². The molecule has 0 bridgehead atoms. The van der Waals surface area contributed by atoms with Crippen molar-refractivity contribution < 1.29 is 0 Å². The molecule has 0 aliphatic heterocycles. The molecule has 0 fully saturated rings. The Hall–Kier alpha value is -1.69. The summed E-state index contributed by atoms with van der Waals surface area (Å²) in [6.45, 7) is 2.71. The van der Waals surface area contributed by atoms with E-state index in [0.717, 1.165) is 18.1 Å². The third-order valence-corrected chi connectivity index (χ3v) is 2.88. The maximum absolute atomic E-state index is 5.43. The summed E-state index contributed by atoms with van der Waals surface area (Å²) in [6, 6.07) is 0. The SMILES string of the molecule is Cc1ncsc1CNc1cnc(N)cn1. The molecule has 0 radical (unpaired) electrons. The largest absolute Gasteiger partial charge is 0.382 e. The molecule has 2 rings (SSSR count). The highest BCUT2D eigenvalue weighted by Gasteiger charge is 2.01. The summed E-state index contributed by atoms with van der Waals surface area (Å²) >= 11 is 1.63. The van der Waals surface area contributed by atoms with Gasteiger partial charge in [0.15, 0.2) is 0 Å². The molecule has 0 spiro atoms. The van der Waals surface area contributed by atoms with Gasteiger partial charge in [0, 0.05) is 4.88 Å². The zero-order valence-electron chi connectivity index (χ0n) is 8.27. The fourth-order valence-electron chi connectivity index (χ4n) is 1.10. The molecule has 2 heterocycles. The molecule has 2 aromatic heterocycles. The van der Waals surface area contributed by atoms with Crippen molar-refractivity contribution >= 4 is 23.0 Å². The number of aryl methyl sites for hydroxylation is 1. The first-order valence-electron chi connectivity index (χ1n) is 4.46. The minimum absolute atomic E-state index is 0.425. The first-order valence-corrected chi connectivity index (χ1v) is 5.34. The number of hydrogen-bond donors (Lipinski definition) is 2. The average molecular weight is 221 g/mol. The van der Waals surface area contributed by atoms with Crippen LogP contribution in [0.1, 0.15) is 10.6 Å². The fraction of sp³-hybridized carbons (Fsp3) is 0.222. The zero-order chi connectivity index (χ0) is 10.7. The summed E-state index contributed by atoms with van der Waals surface area (Å²) in [7, 11) is 0. The molecule has 15 heavy (non-hydrogen) atoms. The van der Waals surface area contributed by atoms with E-state index in [9.17, 15) is 0 Å². The molecule has 0 aromatic carbocycles. The number of aromatic nitrogens is 3. The van der Waals surface area contributed by atoms with Gasteiger partial charge in [0.25, 0.3) is 0 Å². The van der Waals surface area contributed by atoms with Gasteiger partial charge in [-0.05, 0) is 6.92 Å². The highest BCUT2D eigenvalue weighted by atomic mass is 32.1. The van der Waals surface area contributed by atoms with Crippen molar-refractivity contribution in [2.45, 2.75) is 13.5 Å². The van der Waals surface area contributed by atoms with E-state index in [1.165, 1.54) is 11.1 Å². The number of hydrogen-bond acceptors (Lipinski definition) is 6. The second kappa shape index (κ2) is 4.22. The van der Waals surface area contributed by atoms with Gasteiger partial charge in [-0.25, -0.2) is 15.0 Å². The van der Waals surface area contributed by atoms with Gasteiger partial charge < -0.3 is 11.1 Å². The molecule has 0 aliphatic rings. The van der Waals surface area contributed by atoms with Crippen LogP contribution >= 0.6 is 11.3 Å². The summed E-state index contributed by atoms with van der Waals surface area (Å²) in [6.07, 6.45) is 3.15. The molecule has 0 atom stereocenters. The maximum Gasteiger partial charge on any atom is 0.144 e. The van der Waals surface area contributed by atoms with Crippen LogP contribution in [0.4, 0.5) is 11.6 Å². The van der Waals surface area contributed by atoms with E-state index in [0.29, 0.717) is 5.82 Å². The molecule has 0 saturated carbocycles. The summed E-state index contributed by atoms with van der Waals surface area (Å²) in [4.78, 5) is 13.4. The van der Waals surface area contributed by atoms with Gasteiger partial charge >= 0.3 is 0 Å². The fourth-order valence-corrected chi connectivity index (χ4v) is 1.81. The standard InChI is InChI=1S/C9H11N5S/c1-6-7(15-5-14-6)2-12-9-4-11-8(10)3-13-9/h3-5H,2H2,1H3,(H2,10,11)(H,12,13). The Morgan fingerprint density at radius 1 is 1.33 bits per heavy atom. The normalized spacial score (nSPS) is 10.2. The Morgan fingerprint density at radius 2 is 2.20 bits per heavy atom. The van der Waals surface area contributed by atoms with Crippen LogP contribution < -0.4 is 11.1 Å². The van der Waals surface area contributed by atoms with E-state index in [-0.39, 0.29) is 0 Å². The second-order valence-electron chi connectivity index (χ2n) is 3.04. The van der Waals surface area contributed by atoms with E-state index < -0.39 is 0 Å². The van der Waals surface area contributed by atoms with Crippen LogP contribution in [0.15, 0.2) is 17.9 Å². The lowest BCUT2D eigenvalue weighted by atomic mass is 10.4. The molecular formula is C9H11N5S. The molecular weight excluding hydrogens is 210 g/mol. The Balaban J connectivity index is 1.99. The van der Waals surface area contributed by atoms with Crippen molar-refractivity contribution in [1.82, 2.24) is 15.0 Å². The quantitative estimate of drug-likeness (QED) is 0.820. The van der Waals surface area contributed by atoms with Crippen LogP contribution in [-0.2, 0) is 6.54 Å². The molecule has 78 valence electrons. The van der Waals surface area contributed by atoms with E-state index in [1.807, 2.05) is 12.4 Å². The molecule has 6 heteroatoms.